The van der Waals surface area contributed by atoms with Gasteiger partial charge >= 0.3 is 0 Å². The first-order chi connectivity index (χ1) is 19.1. The second-order valence-electron chi connectivity index (χ2n) is 14.2. The number of aliphatic hydroxyl groups excluding tert-OH is 2. The lowest BCUT2D eigenvalue weighted by molar-refractivity contribution is -0.174. The number of benzene rings is 1. The fourth-order valence-electron chi connectivity index (χ4n) is 10.2. The lowest BCUT2D eigenvalue weighted by atomic mass is 9.43. The van der Waals surface area contributed by atoms with Crippen LogP contribution in [-0.4, -0.2) is 49.1 Å². The highest BCUT2D eigenvalue weighted by atomic mass is 16.5. The van der Waals surface area contributed by atoms with E-state index in [0.29, 0.717) is 60.0 Å². The summed E-state index contributed by atoms with van der Waals surface area (Å²) < 4.78 is 10.7. The molecular formula is C34H53NO5. The maximum Gasteiger partial charge on any atom is 0.220 e. The Bertz CT molecular complexity index is 1050. The normalized spacial score (nSPS) is 39.4. The molecule has 4 aliphatic carbocycles. The molecule has 10 unspecified atom stereocenters. The van der Waals surface area contributed by atoms with E-state index in [9.17, 15) is 15.0 Å². The molecule has 0 bridgehead atoms. The summed E-state index contributed by atoms with van der Waals surface area (Å²) in [6, 6.07) is 5.88. The fraction of sp³-hybridized carbons (Fsp3) is 0.794. The lowest BCUT2D eigenvalue weighted by Gasteiger charge is -2.62. The van der Waals surface area contributed by atoms with Crippen LogP contribution >= 0.6 is 0 Å². The predicted octanol–water partition coefficient (Wildman–Crippen LogP) is 5.77. The molecule has 0 spiro atoms. The number of amides is 1. The molecule has 4 saturated carbocycles. The van der Waals surface area contributed by atoms with Crippen molar-refractivity contribution >= 4 is 5.91 Å². The molecule has 0 saturated heterocycles. The van der Waals surface area contributed by atoms with Crippen LogP contribution < -0.4 is 14.8 Å². The molecule has 224 valence electrons. The standard InChI is InChI=1S/C34H53NO5/c1-21(6-13-32(38)35-17-15-22-7-12-29(39-4)30(18-22)40-5)26-10-11-27-25-9-8-23-19-24(36)14-16-33(23,2)28(25)20-31(37)34(26,27)3/h7,12,18,21,23-28,31,36-37H,6,8-11,13-17,19-20H2,1-5H3,(H,35,38). The van der Waals surface area contributed by atoms with Crippen molar-refractivity contribution in [2.75, 3.05) is 20.8 Å². The van der Waals surface area contributed by atoms with Crippen molar-refractivity contribution < 1.29 is 24.5 Å². The summed E-state index contributed by atoms with van der Waals surface area (Å²) in [5, 5.41) is 25.2. The van der Waals surface area contributed by atoms with Gasteiger partial charge < -0.3 is 25.0 Å². The Kier molecular flexibility index (Phi) is 8.78. The van der Waals surface area contributed by atoms with E-state index in [4.69, 9.17) is 9.47 Å². The van der Waals surface area contributed by atoms with Crippen LogP contribution in [0.15, 0.2) is 18.2 Å². The third kappa shape index (κ3) is 5.28. The van der Waals surface area contributed by atoms with Gasteiger partial charge in [0.25, 0.3) is 0 Å². The molecule has 0 radical (unpaired) electrons. The van der Waals surface area contributed by atoms with Crippen LogP contribution in [0.5, 0.6) is 11.5 Å². The zero-order chi connectivity index (χ0) is 28.7. The molecule has 0 aliphatic heterocycles. The average Bonchev–Trinajstić information content (AvgIpc) is 3.31. The Labute approximate surface area is 241 Å². The third-order valence-electron chi connectivity index (χ3n) is 12.5. The summed E-state index contributed by atoms with van der Waals surface area (Å²) in [6.07, 6.45) is 10.5. The Morgan fingerprint density at radius 2 is 1.80 bits per heavy atom. The van der Waals surface area contributed by atoms with Crippen LogP contribution in [0.25, 0.3) is 0 Å². The van der Waals surface area contributed by atoms with E-state index in [-0.39, 0.29) is 28.9 Å². The van der Waals surface area contributed by atoms with Crippen molar-refractivity contribution in [3.8, 4) is 11.5 Å². The van der Waals surface area contributed by atoms with Gasteiger partial charge in [-0.15, -0.1) is 0 Å². The number of hydrogen-bond acceptors (Lipinski definition) is 5. The van der Waals surface area contributed by atoms with Gasteiger partial charge in [0.15, 0.2) is 11.5 Å². The average molecular weight is 556 g/mol. The zero-order valence-electron chi connectivity index (χ0n) is 25.5. The van der Waals surface area contributed by atoms with Crippen LogP contribution in [0, 0.1) is 46.3 Å². The topological polar surface area (TPSA) is 88.0 Å². The largest absolute Gasteiger partial charge is 0.493 e. The van der Waals surface area contributed by atoms with Crippen molar-refractivity contribution in [2.45, 2.75) is 104 Å². The minimum absolute atomic E-state index is 0.0537. The smallest absolute Gasteiger partial charge is 0.220 e. The van der Waals surface area contributed by atoms with Gasteiger partial charge in [0, 0.05) is 13.0 Å². The third-order valence-corrected chi connectivity index (χ3v) is 12.5. The summed E-state index contributed by atoms with van der Waals surface area (Å²) in [5.74, 6) is 4.87. The van der Waals surface area contributed by atoms with E-state index in [2.05, 4.69) is 26.1 Å². The molecule has 10 atom stereocenters. The Balaban J connectivity index is 1.15. The molecule has 5 rings (SSSR count). The van der Waals surface area contributed by atoms with Gasteiger partial charge in [0.1, 0.15) is 0 Å². The summed E-state index contributed by atoms with van der Waals surface area (Å²) >= 11 is 0. The molecule has 1 amide bonds. The van der Waals surface area contributed by atoms with Gasteiger partial charge in [-0.3, -0.25) is 4.79 Å². The minimum Gasteiger partial charge on any atom is -0.493 e. The summed E-state index contributed by atoms with van der Waals surface area (Å²) in [4.78, 5) is 12.8. The first-order valence-corrected chi connectivity index (χ1v) is 16.0. The van der Waals surface area contributed by atoms with Gasteiger partial charge in [0.2, 0.25) is 5.91 Å². The van der Waals surface area contributed by atoms with E-state index in [0.717, 1.165) is 44.1 Å². The molecule has 4 fully saturated rings. The van der Waals surface area contributed by atoms with Crippen LogP contribution in [0.2, 0.25) is 0 Å². The van der Waals surface area contributed by atoms with Crippen LogP contribution in [-0.2, 0) is 11.2 Å². The van der Waals surface area contributed by atoms with Crippen molar-refractivity contribution in [3.05, 3.63) is 23.8 Å². The highest BCUT2D eigenvalue weighted by Gasteiger charge is 2.63. The van der Waals surface area contributed by atoms with Crippen molar-refractivity contribution in [1.29, 1.82) is 0 Å². The minimum atomic E-state index is -0.272. The van der Waals surface area contributed by atoms with Gasteiger partial charge in [-0.1, -0.05) is 26.8 Å². The summed E-state index contributed by atoms with van der Waals surface area (Å²) in [5.41, 5.74) is 1.32. The van der Waals surface area contributed by atoms with Crippen LogP contribution in [0.4, 0.5) is 0 Å². The second kappa shape index (κ2) is 11.8. The number of aliphatic hydroxyl groups is 2. The first-order valence-electron chi connectivity index (χ1n) is 16.0. The van der Waals surface area contributed by atoms with E-state index < -0.39 is 0 Å². The number of rotatable bonds is 9. The number of methoxy groups -OCH3 is 2. The predicted molar refractivity (Wildman–Crippen MR) is 157 cm³/mol. The summed E-state index contributed by atoms with van der Waals surface area (Å²) in [6.45, 7) is 7.78. The Hall–Kier alpha value is -1.79. The number of fused-ring (bicyclic) bond motifs is 5. The van der Waals surface area contributed by atoms with E-state index in [1.54, 1.807) is 14.2 Å². The zero-order valence-corrected chi connectivity index (χ0v) is 25.5. The Morgan fingerprint density at radius 1 is 1.02 bits per heavy atom. The molecule has 1 aromatic carbocycles. The molecule has 0 aromatic heterocycles. The fourth-order valence-corrected chi connectivity index (χ4v) is 10.2. The maximum atomic E-state index is 12.8. The molecule has 1 aromatic rings. The molecule has 6 nitrogen and oxygen atoms in total. The molecule has 40 heavy (non-hydrogen) atoms. The Morgan fingerprint density at radius 3 is 2.55 bits per heavy atom. The number of ether oxygens (including phenoxy) is 2. The number of hydrogen-bond donors (Lipinski definition) is 3. The molecule has 0 heterocycles. The SMILES string of the molecule is COc1ccc(CCNC(=O)CCC(C)C2CCC3C4CCC5CC(O)CCC5(C)C4CC(O)C23C)cc1OC. The van der Waals surface area contributed by atoms with Crippen molar-refractivity contribution in [2.24, 2.45) is 46.3 Å². The molecule has 4 aliphatic rings. The lowest BCUT2D eigenvalue weighted by Crippen LogP contribution is -2.58. The highest BCUT2D eigenvalue weighted by molar-refractivity contribution is 5.75. The van der Waals surface area contributed by atoms with Gasteiger partial charge in [0.05, 0.1) is 26.4 Å². The quantitative estimate of drug-likeness (QED) is 0.360. The second-order valence-corrected chi connectivity index (χ2v) is 14.2. The number of carbonyl (C=O) groups excluding carboxylic acids is 1. The van der Waals surface area contributed by atoms with E-state index in [1.807, 2.05) is 18.2 Å². The highest BCUT2D eigenvalue weighted by Crippen LogP contribution is 2.68. The molecule has 6 heteroatoms. The number of carbonyl (C=O) groups is 1. The number of nitrogens with one attached hydrogen (secondary N) is 1. The van der Waals surface area contributed by atoms with Gasteiger partial charge in [-0.25, -0.2) is 0 Å². The molecular weight excluding hydrogens is 502 g/mol. The molecule has 3 N–H and O–H groups in total. The first kappa shape index (κ1) is 29.7. The van der Waals surface area contributed by atoms with Gasteiger partial charge in [-0.05, 0) is 128 Å². The van der Waals surface area contributed by atoms with Crippen LogP contribution in [0.3, 0.4) is 0 Å². The van der Waals surface area contributed by atoms with E-state index in [1.165, 1.54) is 25.7 Å². The monoisotopic (exact) mass is 555 g/mol. The van der Waals surface area contributed by atoms with Gasteiger partial charge in [-0.2, -0.15) is 0 Å². The van der Waals surface area contributed by atoms with Crippen LogP contribution in [0.1, 0.15) is 90.5 Å². The van der Waals surface area contributed by atoms with Crippen molar-refractivity contribution in [1.82, 2.24) is 5.32 Å². The summed E-state index contributed by atoms with van der Waals surface area (Å²) in [7, 11) is 3.26. The maximum absolute atomic E-state index is 12.8. The van der Waals surface area contributed by atoms with Crippen molar-refractivity contribution in [3.63, 3.8) is 0 Å². The van der Waals surface area contributed by atoms with E-state index >= 15 is 0 Å².